The van der Waals surface area contributed by atoms with Crippen molar-refractivity contribution in [3.05, 3.63) is 40.1 Å². The minimum absolute atomic E-state index is 0.128. The van der Waals surface area contributed by atoms with Crippen LogP contribution < -0.4 is 14.8 Å². The number of methoxy groups -OCH3 is 2. The summed E-state index contributed by atoms with van der Waals surface area (Å²) in [6.07, 6.45) is 1.53. The van der Waals surface area contributed by atoms with E-state index in [0.29, 0.717) is 12.4 Å². The minimum atomic E-state index is -0.645. The van der Waals surface area contributed by atoms with Crippen LogP contribution in [0.1, 0.15) is 17.3 Å². The van der Waals surface area contributed by atoms with Crippen LogP contribution >= 0.6 is 0 Å². The van der Waals surface area contributed by atoms with Gasteiger partial charge in [-0.05, 0) is 6.92 Å². The van der Waals surface area contributed by atoms with Crippen molar-refractivity contribution in [3.63, 3.8) is 0 Å². The lowest BCUT2D eigenvalue weighted by Crippen LogP contribution is -2.17. The van der Waals surface area contributed by atoms with Crippen LogP contribution in [0.4, 0.5) is 11.5 Å². The fraction of sp³-hybridized carbons (Fsp3) is 0.286. The zero-order valence-electron chi connectivity index (χ0n) is 12.9. The summed E-state index contributed by atoms with van der Waals surface area (Å²) in [6, 6.07) is 4.04. The Morgan fingerprint density at radius 2 is 2.00 bits per heavy atom. The molecule has 9 heteroatoms. The van der Waals surface area contributed by atoms with Crippen molar-refractivity contribution in [1.82, 2.24) is 9.78 Å². The zero-order chi connectivity index (χ0) is 17.0. The molecule has 0 unspecified atom stereocenters. The summed E-state index contributed by atoms with van der Waals surface area (Å²) < 4.78 is 11.7. The number of nitro groups is 1. The first-order valence-corrected chi connectivity index (χ1v) is 6.75. The number of nitrogens with one attached hydrogen (secondary N) is 1. The Kier molecular flexibility index (Phi) is 4.79. The van der Waals surface area contributed by atoms with E-state index in [0.717, 1.165) is 6.07 Å². The molecule has 0 saturated heterocycles. The Labute approximate surface area is 132 Å². The van der Waals surface area contributed by atoms with Crippen molar-refractivity contribution in [2.75, 3.05) is 19.5 Å². The van der Waals surface area contributed by atoms with Gasteiger partial charge in [-0.3, -0.25) is 14.9 Å². The van der Waals surface area contributed by atoms with Crippen LogP contribution in [-0.4, -0.2) is 34.8 Å². The van der Waals surface area contributed by atoms with E-state index in [1.807, 2.05) is 6.92 Å². The standard InChI is InChI=1S/C14H16N4O5/c1-4-17-13(5-6-15-17)16-14(19)9-7-11(22-2)12(23-3)8-10(9)18(20)21/h5-8H,4H2,1-3H3,(H,16,19). The van der Waals surface area contributed by atoms with E-state index in [1.165, 1.54) is 26.5 Å². The molecular formula is C14H16N4O5. The van der Waals surface area contributed by atoms with Gasteiger partial charge in [-0.15, -0.1) is 0 Å². The molecule has 0 bridgehead atoms. The normalized spacial score (nSPS) is 10.2. The van der Waals surface area contributed by atoms with Crippen LogP contribution in [0.15, 0.2) is 24.4 Å². The van der Waals surface area contributed by atoms with E-state index in [1.54, 1.807) is 10.7 Å². The van der Waals surface area contributed by atoms with Crippen LogP contribution in [0.3, 0.4) is 0 Å². The number of carbonyl (C=O) groups excluding carboxylic acids is 1. The Bertz CT molecular complexity index is 741. The molecule has 0 aliphatic rings. The number of rotatable bonds is 6. The zero-order valence-corrected chi connectivity index (χ0v) is 12.9. The number of hydrogen-bond donors (Lipinski definition) is 1. The van der Waals surface area contributed by atoms with Gasteiger partial charge in [0.1, 0.15) is 11.4 Å². The molecule has 0 atom stereocenters. The second-order valence-corrected chi connectivity index (χ2v) is 4.47. The number of amides is 1. The number of nitrogens with zero attached hydrogens (tertiary/aromatic N) is 3. The number of hydrogen-bond acceptors (Lipinski definition) is 6. The third kappa shape index (κ3) is 3.23. The van der Waals surface area contributed by atoms with Crippen LogP contribution in [0.2, 0.25) is 0 Å². The van der Waals surface area contributed by atoms with Crippen molar-refractivity contribution in [2.24, 2.45) is 0 Å². The summed E-state index contributed by atoms with van der Waals surface area (Å²) in [5.41, 5.74) is -0.501. The summed E-state index contributed by atoms with van der Waals surface area (Å²) in [5.74, 6) is 0.219. The van der Waals surface area contributed by atoms with Crippen molar-refractivity contribution < 1.29 is 19.2 Å². The van der Waals surface area contributed by atoms with Gasteiger partial charge in [0.15, 0.2) is 11.5 Å². The highest BCUT2D eigenvalue weighted by Gasteiger charge is 2.25. The van der Waals surface area contributed by atoms with Crippen molar-refractivity contribution in [3.8, 4) is 11.5 Å². The van der Waals surface area contributed by atoms with E-state index in [2.05, 4.69) is 10.4 Å². The molecule has 1 aromatic carbocycles. The van der Waals surface area contributed by atoms with Crippen molar-refractivity contribution in [2.45, 2.75) is 13.5 Å². The number of benzene rings is 1. The number of carbonyl (C=O) groups is 1. The van der Waals surface area contributed by atoms with E-state index < -0.39 is 10.8 Å². The first-order valence-electron chi connectivity index (χ1n) is 6.75. The number of nitro benzene ring substituents is 1. The summed E-state index contributed by atoms with van der Waals surface area (Å²) in [4.78, 5) is 23.0. The Hall–Kier alpha value is -3.10. The monoisotopic (exact) mass is 320 g/mol. The molecule has 9 nitrogen and oxygen atoms in total. The van der Waals surface area contributed by atoms with Gasteiger partial charge in [0.05, 0.1) is 31.4 Å². The number of anilines is 1. The molecular weight excluding hydrogens is 304 g/mol. The van der Waals surface area contributed by atoms with Gasteiger partial charge < -0.3 is 14.8 Å². The second-order valence-electron chi connectivity index (χ2n) is 4.47. The van der Waals surface area contributed by atoms with Gasteiger partial charge in [-0.1, -0.05) is 0 Å². The topological polar surface area (TPSA) is 109 Å². The molecule has 1 aromatic heterocycles. The van der Waals surface area contributed by atoms with Gasteiger partial charge in [-0.25, -0.2) is 4.68 Å². The van der Waals surface area contributed by atoms with Gasteiger partial charge in [0, 0.05) is 18.7 Å². The Morgan fingerprint density at radius 1 is 1.35 bits per heavy atom. The molecule has 0 fully saturated rings. The fourth-order valence-electron chi connectivity index (χ4n) is 2.08. The fourth-order valence-corrected chi connectivity index (χ4v) is 2.08. The van der Waals surface area contributed by atoms with Crippen molar-refractivity contribution in [1.29, 1.82) is 0 Å². The predicted octanol–water partition coefficient (Wildman–Crippen LogP) is 2.08. The van der Waals surface area contributed by atoms with E-state index in [4.69, 9.17) is 9.47 Å². The lowest BCUT2D eigenvalue weighted by atomic mass is 10.1. The van der Waals surface area contributed by atoms with Crippen LogP contribution in [0, 0.1) is 10.1 Å². The molecule has 1 amide bonds. The minimum Gasteiger partial charge on any atom is -0.493 e. The molecule has 1 heterocycles. The Balaban J connectivity index is 2.44. The van der Waals surface area contributed by atoms with E-state index in [9.17, 15) is 14.9 Å². The maximum atomic E-state index is 12.4. The molecule has 122 valence electrons. The van der Waals surface area contributed by atoms with Crippen molar-refractivity contribution >= 4 is 17.4 Å². The average molecular weight is 320 g/mol. The number of ether oxygens (including phenoxy) is 2. The first kappa shape index (κ1) is 16.3. The third-order valence-corrected chi connectivity index (χ3v) is 3.20. The second kappa shape index (κ2) is 6.77. The van der Waals surface area contributed by atoms with E-state index >= 15 is 0 Å². The van der Waals surface area contributed by atoms with E-state index in [-0.39, 0.29) is 22.7 Å². The lowest BCUT2D eigenvalue weighted by molar-refractivity contribution is -0.385. The highest BCUT2D eigenvalue weighted by molar-refractivity contribution is 6.07. The average Bonchev–Trinajstić information content (AvgIpc) is 3.00. The summed E-state index contributed by atoms with van der Waals surface area (Å²) >= 11 is 0. The van der Waals surface area contributed by atoms with Gasteiger partial charge in [0.25, 0.3) is 11.6 Å². The molecule has 23 heavy (non-hydrogen) atoms. The third-order valence-electron chi connectivity index (χ3n) is 3.20. The molecule has 2 aromatic rings. The largest absolute Gasteiger partial charge is 0.493 e. The molecule has 0 aliphatic heterocycles. The Morgan fingerprint density at radius 3 is 2.57 bits per heavy atom. The van der Waals surface area contributed by atoms with Crippen LogP contribution in [0.25, 0.3) is 0 Å². The van der Waals surface area contributed by atoms with Gasteiger partial charge in [-0.2, -0.15) is 5.10 Å². The highest BCUT2D eigenvalue weighted by Crippen LogP contribution is 2.34. The van der Waals surface area contributed by atoms with Crippen LogP contribution in [0.5, 0.6) is 11.5 Å². The van der Waals surface area contributed by atoms with Gasteiger partial charge in [0.2, 0.25) is 0 Å². The van der Waals surface area contributed by atoms with Crippen LogP contribution in [-0.2, 0) is 6.54 Å². The maximum absolute atomic E-state index is 12.4. The summed E-state index contributed by atoms with van der Waals surface area (Å²) in [6.45, 7) is 2.41. The molecule has 1 N–H and O–H groups in total. The molecule has 0 saturated carbocycles. The lowest BCUT2D eigenvalue weighted by Gasteiger charge is -2.11. The smallest absolute Gasteiger partial charge is 0.286 e. The molecule has 0 aliphatic carbocycles. The maximum Gasteiger partial charge on any atom is 0.286 e. The SMILES string of the molecule is CCn1nccc1NC(=O)c1cc(OC)c(OC)cc1[N+](=O)[O-]. The summed E-state index contributed by atoms with van der Waals surface area (Å²) in [5, 5.41) is 17.9. The highest BCUT2D eigenvalue weighted by atomic mass is 16.6. The molecule has 2 rings (SSSR count). The quantitative estimate of drug-likeness (QED) is 0.645. The predicted molar refractivity (Wildman–Crippen MR) is 82.1 cm³/mol. The number of aryl methyl sites for hydroxylation is 1. The number of aromatic nitrogens is 2. The summed E-state index contributed by atoms with van der Waals surface area (Å²) in [7, 11) is 2.75. The molecule has 0 radical (unpaired) electrons. The first-order chi connectivity index (χ1) is 11.0. The van der Waals surface area contributed by atoms with Gasteiger partial charge >= 0.3 is 0 Å². The molecule has 0 spiro atoms.